The van der Waals surface area contributed by atoms with Gasteiger partial charge in [0.25, 0.3) is 0 Å². The number of hydrogen-bond donors (Lipinski definition) is 1. The number of carbonyl (C=O) groups is 2. The zero-order chi connectivity index (χ0) is 20.6. The molecule has 3 unspecified atom stereocenters. The van der Waals surface area contributed by atoms with Crippen LogP contribution in [0, 0.1) is 5.92 Å². The third-order valence-corrected chi connectivity index (χ3v) is 6.13. The standard InChI is InChI=1S/C23H27N3O3/c1-23-15-18(17-11-6-7-12-19(17)29-23)20(21(24)27)22(28)26(23)14-8-13-25(2)16-9-4-3-5-10-16/h3-7,9-12,18,20H,8,13-15H2,1-2H3,(H2,24,27). The third-order valence-electron chi connectivity index (χ3n) is 6.13. The molecule has 6 nitrogen and oxygen atoms in total. The maximum Gasteiger partial charge on any atom is 0.238 e. The molecule has 2 aromatic carbocycles. The van der Waals surface area contributed by atoms with Crippen molar-refractivity contribution in [1.29, 1.82) is 0 Å². The number of likely N-dealkylation sites (tertiary alicyclic amines) is 1. The lowest BCUT2D eigenvalue weighted by atomic mass is 9.73. The molecule has 2 bridgehead atoms. The van der Waals surface area contributed by atoms with E-state index in [2.05, 4.69) is 17.0 Å². The van der Waals surface area contributed by atoms with E-state index in [1.165, 1.54) is 0 Å². The first kappa shape index (κ1) is 19.3. The fourth-order valence-corrected chi connectivity index (χ4v) is 4.66. The van der Waals surface area contributed by atoms with Gasteiger partial charge in [0, 0.05) is 38.2 Å². The van der Waals surface area contributed by atoms with E-state index in [0.717, 1.165) is 30.0 Å². The van der Waals surface area contributed by atoms with Crippen molar-refractivity contribution in [3.8, 4) is 5.75 Å². The first-order valence-electron chi connectivity index (χ1n) is 10.1. The second kappa shape index (κ2) is 7.43. The Balaban J connectivity index is 1.54. The van der Waals surface area contributed by atoms with Crippen molar-refractivity contribution in [2.75, 3.05) is 25.0 Å². The highest BCUT2D eigenvalue weighted by molar-refractivity contribution is 6.01. The number of amides is 2. The van der Waals surface area contributed by atoms with Crippen LogP contribution in [0.5, 0.6) is 5.75 Å². The van der Waals surface area contributed by atoms with E-state index in [-0.39, 0.29) is 11.8 Å². The van der Waals surface area contributed by atoms with E-state index in [4.69, 9.17) is 10.5 Å². The van der Waals surface area contributed by atoms with E-state index in [0.29, 0.717) is 13.0 Å². The van der Waals surface area contributed by atoms with E-state index < -0.39 is 17.6 Å². The largest absolute Gasteiger partial charge is 0.468 e. The van der Waals surface area contributed by atoms with Gasteiger partial charge in [0.05, 0.1) is 0 Å². The Morgan fingerprint density at radius 3 is 2.62 bits per heavy atom. The maximum atomic E-state index is 13.3. The first-order chi connectivity index (χ1) is 13.9. The number of anilines is 1. The van der Waals surface area contributed by atoms with Gasteiger partial charge in [0.1, 0.15) is 11.7 Å². The molecule has 2 aliphatic heterocycles. The number of primary amides is 1. The van der Waals surface area contributed by atoms with Crippen LogP contribution in [0.25, 0.3) is 0 Å². The molecule has 2 heterocycles. The van der Waals surface area contributed by atoms with Gasteiger partial charge in [-0.25, -0.2) is 0 Å². The molecule has 2 aliphatic rings. The van der Waals surface area contributed by atoms with Crippen molar-refractivity contribution in [3.05, 3.63) is 60.2 Å². The highest BCUT2D eigenvalue weighted by Crippen LogP contribution is 2.49. The number of para-hydroxylation sites is 2. The zero-order valence-electron chi connectivity index (χ0n) is 16.9. The van der Waals surface area contributed by atoms with E-state index in [1.54, 1.807) is 4.90 Å². The van der Waals surface area contributed by atoms with Crippen molar-refractivity contribution in [1.82, 2.24) is 4.90 Å². The van der Waals surface area contributed by atoms with Crippen LogP contribution in [0.4, 0.5) is 5.69 Å². The van der Waals surface area contributed by atoms with Gasteiger partial charge in [-0.3, -0.25) is 9.59 Å². The number of rotatable bonds is 6. The molecule has 152 valence electrons. The number of nitrogens with zero attached hydrogens (tertiary/aromatic N) is 2. The minimum Gasteiger partial charge on any atom is -0.468 e. The molecule has 2 aromatic rings. The smallest absolute Gasteiger partial charge is 0.238 e. The number of fused-ring (bicyclic) bond motifs is 4. The SMILES string of the molecule is CN(CCCN1C(=O)C(C(N)=O)C2CC1(C)Oc1ccccc12)c1ccccc1. The molecule has 0 radical (unpaired) electrons. The Morgan fingerprint density at radius 2 is 1.90 bits per heavy atom. The molecule has 0 aromatic heterocycles. The number of piperidine rings is 1. The van der Waals surface area contributed by atoms with Crippen molar-refractivity contribution >= 4 is 17.5 Å². The van der Waals surface area contributed by atoms with Crippen LogP contribution in [0.3, 0.4) is 0 Å². The van der Waals surface area contributed by atoms with Crippen molar-refractivity contribution in [2.45, 2.75) is 31.4 Å². The summed E-state index contributed by atoms with van der Waals surface area (Å²) in [6, 6.07) is 17.7. The third kappa shape index (κ3) is 3.43. The quantitative estimate of drug-likeness (QED) is 0.766. The fourth-order valence-electron chi connectivity index (χ4n) is 4.66. The van der Waals surface area contributed by atoms with Gasteiger partial charge >= 0.3 is 0 Å². The molecule has 0 spiro atoms. The topological polar surface area (TPSA) is 75.9 Å². The molecule has 4 rings (SSSR count). The molecule has 3 atom stereocenters. The number of benzene rings is 2. The van der Waals surface area contributed by atoms with Gasteiger partial charge in [0.2, 0.25) is 11.8 Å². The molecular formula is C23H27N3O3. The molecule has 1 fully saturated rings. The number of carbonyl (C=O) groups excluding carboxylic acids is 2. The van der Waals surface area contributed by atoms with Crippen molar-refractivity contribution in [2.24, 2.45) is 11.7 Å². The molecular weight excluding hydrogens is 366 g/mol. The lowest BCUT2D eigenvalue weighted by Gasteiger charge is -2.52. The van der Waals surface area contributed by atoms with Crippen LogP contribution in [0.2, 0.25) is 0 Å². The fraction of sp³-hybridized carbons (Fsp3) is 0.391. The van der Waals surface area contributed by atoms with Gasteiger partial charge in [-0.05, 0) is 37.1 Å². The van der Waals surface area contributed by atoms with Crippen LogP contribution in [0.1, 0.15) is 31.2 Å². The minimum atomic E-state index is -0.847. The van der Waals surface area contributed by atoms with Gasteiger partial charge in [-0.2, -0.15) is 0 Å². The lowest BCUT2D eigenvalue weighted by Crippen LogP contribution is -2.64. The van der Waals surface area contributed by atoms with Crippen LogP contribution in [-0.4, -0.2) is 42.6 Å². The summed E-state index contributed by atoms with van der Waals surface area (Å²) in [7, 11) is 2.03. The Hall–Kier alpha value is -3.02. The zero-order valence-corrected chi connectivity index (χ0v) is 16.9. The molecule has 0 aliphatic carbocycles. The first-order valence-corrected chi connectivity index (χ1v) is 10.1. The van der Waals surface area contributed by atoms with Crippen LogP contribution >= 0.6 is 0 Å². The predicted octanol–water partition coefficient (Wildman–Crippen LogP) is 2.74. The van der Waals surface area contributed by atoms with Crippen molar-refractivity contribution < 1.29 is 14.3 Å². The van der Waals surface area contributed by atoms with Gasteiger partial charge in [-0.15, -0.1) is 0 Å². The van der Waals surface area contributed by atoms with Crippen LogP contribution in [-0.2, 0) is 9.59 Å². The number of hydrogen-bond acceptors (Lipinski definition) is 4. The second-order valence-corrected chi connectivity index (χ2v) is 8.11. The summed E-state index contributed by atoms with van der Waals surface area (Å²) in [5, 5.41) is 0. The summed E-state index contributed by atoms with van der Waals surface area (Å²) in [6.07, 6.45) is 1.33. The average Bonchev–Trinajstić information content (AvgIpc) is 2.70. The maximum absolute atomic E-state index is 13.3. The summed E-state index contributed by atoms with van der Waals surface area (Å²) in [4.78, 5) is 29.4. The Labute approximate surface area is 171 Å². The summed E-state index contributed by atoms with van der Waals surface area (Å²) in [5.74, 6) is -1.15. The predicted molar refractivity (Wildman–Crippen MR) is 112 cm³/mol. The molecule has 6 heteroatoms. The van der Waals surface area contributed by atoms with Crippen LogP contribution < -0.4 is 15.4 Å². The van der Waals surface area contributed by atoms with Gasteiger partial charge in [0.15, 0.2) is 5.72 Å². The normalized spacial score (nSPS) is 25.2. The summed E-state index contributed by atoms with van der Waals surface area (Å²) < 4.78 is 6.28. The Morgan fingerprint density at radius 1 is 1.21 bits per heavy atom. The molecule has 29 heavy (non-hydrogen) atoms. The monoisotopic (exact) mass is 393 g/mol. The second-order valence-electron chi connectivity index (χ2n) is 8.11. The molecule has 2 amide bonds. The van der Waals surface area contributed by atoms with E-state index in [9.17, 15) is 9.59 Å². The molecule has 2 N–H and O–H groups in total. The summed E-state index contributed by atoms with van der Waals surface area (Å²) >= 11 is 0. The van der Waals surface area contributed by atoms with E-state index >= 15 is 0 Å². The number of nitrogens with two attached hydrogens (primary N) is 1. The van der Waals surface area contributed by atoms with E-state index in [1.807, 2.05) is 56.4 Å². The molecule has 1 saturated heterocycles. The average molecular weight is 393 g/mol. The summed E-state index contributed by atoms with van der Waals surface area (Å²) in [6.45, 7) is 3.22. The highest BCUT2D eigenvalue weighted by Gasteiger charge is 2.55. The summed E-state index contributed by atoms with van der Waals surface area (Å²) in [5.41, 5.74) is 6.92. The van der Waals surface area contributed by atoms with Gasteiger partial charge in [-0.1, -0.05) is 36.4 Å². The molecule has 0 saturated carbocycles. The van der Waals surface area contributed by atoms with Gasteiger partial charge < -0.3 is 20.3 Å². The lowest BCUT2D eigenvalue weighted by molar-refractivity contribution is -0.175. The van der Waals surface area contributed by atoms with Crippen molar-refractivity contribution in [3.63, 3.8) is 0 Å². The minimum absolute atomic E-state index is 0.229. The highest BCUT2D eigenvalue weighted by atomic mass is 16.5. The Kier molecular flexibility index (Phi) is 4.94. The van der Waals surface area contributed by atoms with Crippen LogP contribution in [0.15, 0.2) is 54.6 Å². The number of ether oxygens (including phenoxy) is 1. The Bertz CT molecular complexity index is 917.